The van der Waals surface area contributed by atoms with Gasteiger partial charge in [-0.05, 0) is 50.3 Å². The van der Waals surface area contributed by atoms with Crippen molar-refractivity contribution in [1.29, 1.82) is 0 Å². The fraction of sp³-hybridized carbons (Fsp3) is 0.409. The number of halogens is 3. The minimum atomic E-state index is -4.64. The van der Waals surface area contributed by atoms with Gasteiger partial charge in [-0.2, -0.15) is 18.3 Å². The van der Waals surface area contributed by atoms with E-state index < -0.39 is 17.8 Å². The molecule has 0 bridgehead atoms. The molecule has 10 heteroatoms. The van der Waals surface area contributed by atoms with Gasteiger partial charge < -0.3 is 15.4 Å². The molecule has 1 unspecified atom stereocenters. The largest absolute Gasteiger partial charge is 0.483 e. The van der Waals surface area contributed by atoms with Crippen molar-refractivity contribution in [2.75, 3.05) is 18.9 Å². The first kappa shape index (κ1) is 21.9. The first-order chi connectivity index (χ1) is 15.2. The fourth-order valence-corrected chi connectivity index (χ4v) is 4.24. The predicted octanol–water partition coefficient (Wildman–Crippen LogP) is 4.31. The lowest BCUT2D eigenvalue weighted by molar-refractivity contribution is -0.137. The zero-order valence-corrected chi connectivity index (χ0v) is 17.8. The number of amides is 1. The van der Waals surface area contributed by atoms with E-state index >= 15 is 0 Å². The molecule has 1 atom stereocenters. The summed E-state index contributed by atoms with van der Waals surface area (Å²) in [5, 5.41) is 5.93. The number of nitrogens with one attached hydrogen (secondary N) is 1. The third kappa shape index (κ3) is 4.09. The number of para-hydroxylation sites is 1. The summed E-state index contributed by atoms with van der Waals surface area (Å²) in [5.41, 5.74) is 6.60. The van der Waals surface area contributed by atoms with Crippen molar-refractivity contribution >= 4 is 22.8 Å². The third-order valence-corrected chi connectivity index (χ3v) is 5.79. The number of nitrogen functional groups attached to an aromatic ring is 1. The number of alkyl halides is 3. The fourth-order valence-electron chi connectivity index (χ4n) is 4.24. The van der Waals surface area contributed by atoms with Gasteiger partial charge in [0.25, 0.3) is 5.91 Å². The lowest BCUT2D eigenvalue weighted by Gasteiger charge is -2.35. The molecule has 1 aliphatic heterocycles. The molecule has 3 N–H and O–H groups in total. The van der Waals surface area contributed by atoms with E-state index in [0.29, 0.717) is 18.7 Å². The van der Waals surface area contributed by atoms with E-state index in [1.807, 2.05) is 32.0 Å². The molecule has 170 valence electrons. The molecule has 32 heavy (non-hydrogen) atoms. The summed E-state index contributed by atoms with van der Waals surface area (Å²) in [7, 11) is 0. The van der Waals surface area contributed by atoms with Gasteiger partial charge in [0, 0.05) is 6.54 Å². The van der Waals surface area contributed by atoms with Crippen LogP contribution in [-0.2, 0) is 11.0 Å². The third-order valence-electron chi connectivity index (χ3n) is 5.79. The minimum Gasteiger partial charge on any atom is -0.483 e. The second-order valence-electron chi connectivity index (χ2n) is 8.04. The SMILES string of the molecule is Cc1cccc(C)c1OCC(=O)N1CCCCC1c1cc(C(F)(F)F)c2c(N)[nH]nc2n1. The minimum absolute atomic E-state index is 0.114. The standard InChI is InChI=1S/C22H24F3N5O2/c1-12-6-5-7-13(2)19(12)32-11-17(31)30-9-4-3-8-16(30)15-10-14(22(23,24)25)18-20(26)28-29-21(18)27-15/h5-7,10,16H,3-4,8-9,11H2,1-2H3,(H3,26,27,28,29). The van der Waals surface area contributed by atoms with Crippen molar-refractivity contribution in [3.05, 3.63) is 46.6 Å². The van der Waals surface area contributed by atoms with Gasteiger partial charge in [0.2, 0.25) is 0 Å². The lowest BCUT2D eigenvalue weighted by Crippen LogP contribution is -2.41. The maximum atomic E-state index is 13.7. The Hall–Kier alpha value is -3.30. The molecular formula is C22H24F3N5O2. The Bertz CT molecular complexity index is 1140. The van der Waals surface area contributed by atoms with E-state index in [4.69, 9.17) is 10.5 Å². The van der Waals surface area contributed by atoms with Gasteiger partial charge in [-0.3, -0.25) is 9.89 Å². The van der Waals surface area contributed by atoms with Crippen LogP contribution in [0.1, 0.15) is 47.7 Å². The molecule has 0 spiro atoms. The Morgan fingerprint density at radius 3 is 2.69 bits per heavy atom. The molecule has 3 heterocycles. The van der Waals surface area contributed by atoms with Gasteiger partial charge in [-0.1, -0.05) is 18.2 Å². The number of anilines is 1. The van der Waals surface area contributed by atoms with Gasteiger partial charge in [0.15, 0.2) is 12.3 Å². The molecule has 3 aromatic rings. The first-order valence-electron chi connectivity index (χ1n) is 10.4. The van der Waals surface area contributed by atoms with Crippen molar-refractivity contribution < 1.29 is 22.7 Å². The molecule has 7 nitrogen and oxygen atoms in total. The summed E-state index contributed by atoms with van der Waals surface area (Å²) in [5.74, 6) is 0.152. The average molecular weight is 447 g/mol. The van der Waals surface area contributed by atoms with Crippen LogP contribution in [0, 0.1) is 13.8 Å². The Labute approximate surface area is 182 Å². The van der Waals surface area contributed by atoms with E-state index in [1.54, 1.807) is 4.90 Å². The second kappa shape index (κ2) is 8.33. The van der Waals surface area contributed by atoms with E-state index in [1.165, 1.54) is 0 Å². The second-order valence-corrected chi connectivity index (χ2v) is 8.04. The maximum absolute atomic E-state index is 13.7. The van der Waals surface area contributed by atoms with Crippen LogP contribution < -0.4 is 10.5 Å². The summed E-state index contributed by atoms with van der Waals surface area (Å²) in [4.78, 5) is 18.9. The highest BCUT2D eigenvalue weighted by Crippen LogP contribution is 2.39. The molecule has 4 rings (SSSR count). The van der Waals surface area contributed by atoms with Gasteiger partial charge >= 0.3 is 6.18 Å². The predicted molar refractivity (Wildman–Crippen MR) is 113 cm³/mol. The number of likely N-dealkylation sites (tertiary alicyclic amines) is 1. The first-order valence-corrected chi connectivity index (χ1v) is 10.4. The van der Waals surface area contributed by atoms with Crippen molar-refractivity contribution in [1.82, 2.24) is 20.1 Å². The van der Waals surface area contributed by atoms with Crippen LogP contribution in [0.4, 0.5) is 19.0 Å². The number of benzene rings is 1. The number of rotatable bonds is 4. The monoisotopic (exact) mass is 447 g/mol. The molecule has 0 radical (unpaired) electrons. The number of pyridine rings is 1. The van der Waals surface area contributed by atoms with Gasteiger partial charge in [-0.15, -0.1) is 0 Å². The van der Waals surface area contributed by atoms with Crippen LogP contribution >= 0.6 is 0 Å². The molecule has 1 amide bonds. The number of aryl methyl sites for hydroxylation is 2. The number of ether oxygens (including phenoxy) is 1. The molecule has 1 aromatic carbocycles. The smallest absolute Gasteiger partial charge is 0.417 e. The number of carbonyl (C=O) groups is 1. The van der Waals surface area contributed by atoms with Crippen LogP contribution in [0.15, 0.2) is 24.3 Å². The molecule has 1 aliphatic rings. The summed E-state index contributed by atoms with van der Waals surface area (Å²) < 4.78 is 47.0. The van der Waals surface area contributed by atoms with Gasteiger partial charge in [0.05, 0.1) is 22.7 Å². The van der Waals surface area contributed by atoms with Crippen LogP contribution in [-0.4, -0.2) is 39.1 Å². The number of aromatic nitrogens is 3. The molecule has 0 aliphatic carbocycles. The number of nitrogens with zero attached hydrogens (tertiary/aromatic N) is 3. The van der Waals surface area contributed by atoms with Crippen LogP contribution in [0.25, 0.3) is 11.0 Å². The van der Waals surface area contributed by atoms with Gasteiger partial charge in [0.1, 0.15) is 11.6 Å². The average Bonchev–Trinajstić information content (AvgIpc) is 3.12. The zero-order chi connectivity index (χ0) is 23.0. The van der Waals surface area contributed by atoms with E-state index in [-0.39, 0.29) is 35.1 Å². The molecule has 1 fully saturated rings. The van der Waals surface area contributed by atoms with Crippen LogP contribution in [0.2, 0.25) is 0 Å². The van der Waals surface area contributed by atoms with Crippen LogP contribution in [0.3, 0.4) is 0 Å². The summed E-state index contributed by atoms with van der Waals surface area (Å²) >= 11 is 0. The molecule has 1 saturated heterocycles. The number of aromatic amines is 1. The van der Waals surface area contributed by atoms with Crippen LogP contribution in [0.5, 0.6) is 5.75 Å². The van der Waals surface area contributed by atoms with Crippen molar-refractivity contribution in [2.45, 2.75) is 45.3 Å². The highest BCUT2D eigenvalue weighted by Gasteiger charge is 2.37. The van der Waals surface area contributed by atoms with Crippen molar-refractivity contribution in [2.24, 2.45) is 0 Å². The van der Waals surface area contributed by atoms with E-state index in [0.717, 1.165) is 30.0 Å². The highest BCUT2D eigenvalue weighted by atomic mass is 19.4. The Morgan fingerprint density at radius 2 is 2.00 bits per heavy atom. The quantitative estimate of drug-likeness (QED) is 0.621. The number of hydrogen-bond donors (Lipinski definition) is 2. The topological polar surface area (TPSA) is 97.1 Å². The number of piperidine rings is 1. The summed E-state index contributed by atoms with van der Waals surface area (Å²) in [6.45, 7) is 4.00. The van der Waals surface area contributed by atoms with Gasteiger partial charge in [-0.25, -0.2) is 4.98 Å². The maximum Gasteiger partial charge on any atom is 0.417 e. The normalized spacial score (nSPS) is 17.0. The van der Waals surface area contributed by atoms with E-state index in [9.17, 15) is 18.0 Å². The molecule has 2 aromatic heterocycles. The number of hydrogen-bond acceptors (Lipinski definition) is 5. The van der Waals surface area contributed by atoms with Crippen molar-refractivity contribution in [3.8, 4) is 5.75 Å². The number of fused-ring (bicyclic) bond motifs is 1. The summed E-state index contributed by atoms with van der Waals surface area (Å²) in [6.07, 6.45) is -2.60. The number of H-pyrrole nitrogens is 1. The number of carbonyl (C=O) groups excluding carboxylic acids is 1. The van der Waals surface area contributed by atoms with Crippen molar-refractivity contribution in [3.63, 3.8) is 0 Å². The van der Waals surface area contributed by atoms with E-state index in [2.05, 4.69) is 15.2 Å². The number of nitrogens with two attached hydrogens (primary N) is 1. The Balaban J connectivity index is 1.64. The molecule has 0 saturated carbocycles. The lowest BCUT2D eigenvalue weighted by atomic mass is 9.97. The highest BCUT2D eigenvalue weighted by molar-refractivity contribution is 5.90. The Morgan fingerprint density at radius 1 is 1.28 bits per heavy atom. The Kier molecular flexibility index (Phi) is 5.70. The zero-order valence-electron chi connectivity index (χ0n) is 17.8. The molecular weight excluding hydrogens is 423 g/mol. The summed E-state index contributed by atoms with van der Waals surface area (Å²) in [6, 6.07) is 6.08.